The van der Waals surface area contributed by atoms with Crippen molar-refractivity contribution in [3.8, 4) is 0 Å². The summed E-state index contributed by atoms with van der Waals surface area (Å²) in [4.78, 5) is 84.5. The van der Waals surface area contributed by atoms with Crippen LogP contribution in [0.15, 0.2) is 0 Å². The van der Waals surface area contributed by atoms with E-state index >= 15 is 0 Å². The molecule has 2 fully saturated rings. The standard InChI is InChI=1S/C28H40O17S/c1-9-46-28-26(42-18(8)35)24(40-16(6)33)22(20(44-28)11-37-13(3)30)45-27-25(41-17(7)34)23(39-15(5)32)21(38-14(4)31)19(43-27)10-36-12(2)29/h19-28H,9-11H2,1-8H3/t19-,20-,21-,22-,23+,24+,25-,26-,27+,28+/m1/s1. The quantitative estimate of drug-likeness (QED) is 0.190. The third-order valence-corrected chi connectivity index (χ3v) is 7.26. The van der Waals surface area contributed by atoms with E-state index in [2.05, 4.69) is 0 Å². The molecule has 0 N–H and O–H groups in total. The van der Waals surface area contributed by atoms with Gasteiger partial charge in [0.2, 0.25) is 0 Å². The Morgan fingerprint density at radius 2 is 0.891 bits per heavy atom. The lowest BCUT2D eigenvalue weighted by molar-refractivity contribution is -0.341. The van der Waals surface area contributed by atoms with E-state index in [0.29, 0.717) is 5.75 Å². The first-order chi connectivity index (χ1) is 21.5. The number of hydrogen-bond acceptors (Lipinski definition) is 18. The van der Waals surface area contributed by atoms with Crippen LogP contribution in [0, 0.1) is 0 Å². The van der Waals surface area contributed by atoms with E-state index in [-0.39, 0.29) is 0 Å². The predicted octanol–water partition coefficient (Wildman–Crippen LogP) is 0.359. The van der Waals surface area contributed by atoms with Gasteiger partial charge in [0.15, 0.2) is 36.8 Å². The van der Waals surface area contributed by atoms with Gasteiger partial charge in [0.25, 0.3) is 0 Å². The number of hydrogen-bond donors (Lipinski definition) is 0. The number of carbonyl (C=O) groups is 7. The van der Waals surface area contributed by atoms with Crippen LogP contribution in [0.3, 0.4) is 0 Å². The largest absolute Gasteiger partial charge is 0.463 e. The van der Waals surface area contributed by atoms with Gasteiger partial charge in [-0.05, 0) is 5.75 Å². The van der Waals surface area contributed by atoms with Crippen LogP contribution >= 0.6 is 11.8 Å². The van der Waals surface area contributed by atoms with Gasteiger partial charge in [0.1, 0.15) is 37.0 Å². The number of esters is 7. The highest BCUT2D eigenvalue weighted by molar-refractivity contribution is 7.99. The number of ether oxygens (including phenoxy) is 10. The molecule has 0 amide bonds. The average molecular weight is 681 g/mol. The Hall–Kier alpha value is -3.48. The molecule has 0 radical (unpaired) electrons. The van der Waals surface area contributed by atoms with E-state index in [1.807, 2.05) is 0 Å². The highest BCUT2D eigenvalue weighted by atomic mass is 32.2. The second kappa shape index (κ2) is 18.0. The fourth-order valence-corrected chi connectivity index (χ4v) is 5.72. The minimum absolute atomic E-state index is 0.434. The van der Waals surface area contributed by atoms with Crippen molar-refractivity contribution in [2.24, 2.45) is 0 Å². The number of thioether (sulfide) groups is 1. The summed E-state index contributed by atoms with van der Waals surface area (Å²) in [5.41, 5.74) is -0.922. The molecule has 2 aliphatic rings. The molecule has 0 aromatic carbocycles. The average Bonchev–Trinajstić information content (AvgIpc) is 2.91. The van der Waals surface area contributed by atoms with Gasteiger partial charge in [-0.3, -0.25) is 33.6 Å². The Balaban J connectivity index is 2.70. The second-order valence-electron chi connectivity index (χ2n) is 10.1. The molecule has 17 nitrogen and oxygen atoms in total. The maximum atomic E-state index is 12.3. The molecule has 0 aromatic rings. The molecule has 2 aliphatic heterocycles. The molecule has 0 unspecified atom stereocenters. The first-order valence-corrected chi connectivity index (χ1v) is 15.3. The first-order valence-electron chi connectivity index (χ1n) is 14.2. The molecule has 2 saturated heterocycles. The van der Waals surface area contributed by atoms with E-state index in [4.69, 9.17) is 47.4 Å². The fraction of sp³-hybridized carbons (Fsp3) is 0.750. The summed E-state index contributed by atoms with van der Waals surface area (Å²) >= 11 is 1.21. The lowest BCUT2D eigenvalue weighted by atomic mass is 9.96. The molecule has 2 rings (SSSR count). The highest BCUT2D eigenvalue weighted by Gasteiger charge is 2.57. The Labute approximate surface area is 269 Å². The van der Waals surface area contributed by atoms with Crippen molar-refractivity contribution < 1.29 is 80.9 Å². The van der Waals surface area contributed by atoms with Crippen molar-refractivity contribution in [2.75, 3.05) is 19.0 Å². The molecule has 2 heterocycles. The van der Waals surface area contributed by atoms with Crippen molar-refractivity contribution in [1.82, 2.24) is 0 Å². The zero-order chi connectivity index (χ0) is 34.7. The van der Waals surface area contributed by atoms with E-state index in [9.17, 15) is 33.6 Å². The molecule has 0 aliphatic carbocycles. The minimum atomic E-state index is -1.72. The van der Waals surface area contributed by atoms with Gasteiger partial charge in [-0.1, -0.05) is 6.92 Å². The molecule has 18 heteroatoms. The smallest absolute Gasteiger partial charge is 0.303 e. The Morgan fingerprint density at radius 1 is 0.500 bits per heavy atom. The summed E-state index contributed by atoms with van der Waals surface area (Å²) in [6, 6.07) is 0. The van der Waals surface area contributed by atoms with Gasteiger partial charge in [0.05, 0.1) is 0 Å². The summed E-state index contributed by atoms with van der Waals surface area (Å²) in [7, 11) is 0. The zero-order valence-electron chi connectivity index (χ0n) is 26.7. The van der Waals surface area contributed by atoms with Crippen LogP contribution < -0.4 is 0 Å². The van der Waals surface area contributed by atoms with Gasteiger partial charge < -0.3 is 47.4 Å². The van der Waals surface area contributed by atoms with Crippen molar-refractivity contribution in [3.05, 3.63) is 0 Å². The predicted molar refractivity (Wildman–Crippen MR) is 151 cm³/mol. The van der Waals surface area contributed by atoms with Gasteiger partial charge in [-0.15, -0.1) is 11.8 Å². The summed E-state index contributed by atoms with van der Waals surface area (Å²) in [6.45, 7) is 8.52. The summed E-state index contributed by atoms with van der Waals surface area (Å²) in [5, 5.41) is 0. The van der Waals surface area contributed by atoms with Crippen molar-refractivity contribution in [2.45, 2.75) is 116 Å². The second-order valence-corrected chi connectivity index (χ2v) is 11.5. The van der Waals surface area contributed by atoms with Crippen molar-refractivity contribution in [3.63, 3.8) is 0 Å². The molecule has 46 heavy (non-hydrogen) atoms. The summed E-state index contributed by atoms with van der Waals surface area (Å²) in [5.74, 6) is -5.06. The molecule has 10 atom stereocenters. The van der Waals surface area contributed by atoms with E-state index in [1.54, 1.807) is 6.92 Å². The van der Waals surface area contributed by atoms with E-state index in [1.165, 1.54) is 11.8 Å². The Kier molecular flexibility index (Phi) is 15.2. The van der Waals surface area contributed by atoms with Crippen LogP contribution in [-0.4, -0.2) is 121 Å². The van der Waals surface area contributed by atoms with Crippen LogP contribution in [0.2, 0.25) is 0 Å². The molecule has 0 aromatic heterocycles. The molecule has 0 saturated carbocycles. The maximum absolute atomic E-state index is 12.3. The molecule has 0 spiro atoms. The van der Waals surface area contributed by atoms with E-state index in [0.717, 1.165) is 48.5 Å². The monoisotopic (exact) mass is 680 g/mol. The van der Waals surface area contributed by atoms with E-state index < -0.39 is 116 Å². The van der Waals surface area contributed by atoms with Gasteiger partial charge in [-0.25, -0.2) is 0 Å². The lowest BCUT2D eigenvalue weighted by Crippen LogP contribution is -2.66. The maximum Gasteiger partial charge on any atom is 0.303 e. The Morgan fingerprint density at radius 3 is 1.33 bits per heavy atom. The highest BCUT2D eigenvalue weighted by Crippen LogP contribution is 2.37. The van der Waals surface area contributed by atoms with Crippen LogP contribution in [0.1, 0.15) is 55.4 Å². The van der Waals surface area contributed by atoms with Crippen LogP contribution in [0.5, 0.6) is 0 Å². The molecular weight excluding hydrogens is 640 g/mol. The SMILES string of the molecule is CCS[C@@H]1O[C@H](COC(C)=O)[C@@H](O[C@@H]2O[C@H](COC(C)=O)[C@@H](OC(C)=O)[C@H](OC(C)=O)[C@H]2OC(C)=O)[C@H](OC(C)=O)[C@H]1OC(C)=O. The van der Waals surface area contributed by atoms with Gasteiger partial charge in [0, 0.05) is 48.5 Å². The Bertz CT molecular complexity index is 1130. The molecular formula is C28H40O17S. The molecule has 0 bridgehead atoms. The van der Waals surface area contributed by atoms with Crippen LogP contribution in [0.4, 0.5) is 0 Å². The van der Waals surface area contributed by atoms with Crippen LogP contribution in [0.25, 0.3) is 0 Å². The van der Waals surface area contributed by atoms with Crippen LogP contribution in [-0.2, 0) is 80.9 Å². The topological polar surface area (TPSA) is 212 Å². The third-order valence-electron chi connectivity index (χ3n) is 6.22. The van der Waals surface area contributed by atoms with Gasteiger partial charge >= 0.3 is 41.8 Å². The van der Waals surface area contributed by atoms with Crippen molar-refractivity contribution in [1.29, 1.82) is 0 Å². The zero-order valence-corrected chi connectivity index (χ0v) is 27.6. The minimum Gasteiger partial charge on any atom is -0.463 e. The number of rotatable bonds is 13. The van der Waals surface area contributed by atoms with Crippen molar-refractivity contribution >= 4 is 53.5 Å². The summed E-state index contributed by atoms with van der Waals surface area (Å²) in [6.07, 6.45) is -13.1. The number of carbonyl (C=O) groups excluding carboxylic acids is 7. The third kappa shape index (κ3) is 11.7. The normalized spacial score (nSPS) is 30.6. The van der Waals surface area contributed by atoms with Gasteiger partial charge in [-0.2, -0.15) is 0 Å². The first kappa shape index (κ1) is 38.7. The summed E-state index contributed by atoms with van der Waals surface area (Å²) < 4.78 is 56.1. The molecule has 260 valence electrons. The lowest BCUT2D eigenvalue weighted by Gasteiger charge is -2.48. The fourth-order valence-electron chi connectivity index (χ4n) is 4.77.